The van der Waals surface area contributed by atoms with E-state index in [4.69, 9.17) is 0 Å². The molecule has 3 rings (SSSR count). The Hall–Kier alpha value is -2.15. The maximum atomic E-state index is 11.5. The second kappa shape index (κ2) is 5.69. The quantitative estimate of drug-likeness (QED) is 0.896. The van der Waals surface area contributed by atoms with Crippen molar-refractivity contribution in [2.24, 2.45) is 0 Å². The molecule has 1 aromatic heterocycles. The molecule has 0 amide bonds. The molecule has 0 bridgehead atoms. The highest BCUT2D eigenvalue weighted by Gasteiger charge is 2.27. The highest BCUT2D eigenvalue weighted by Crippen LogP contribution is 2.18. The van der Waals surface area contributed by atoms with Crippen molar-refractivity contribution in [1.29, 1.82) is 0 Å². The molecule has 0 radical (unpaired) electrons. The molecule has 6 nitrogen and oxygen atoms in total. The van der Waals surface area contributed by atoms with Gasteiger partial charge in [-0.25, -0.2) is 13.4 Å². The molecule has 21 heavy (non-hydrogen) atoms. The number of hydrogen-bond donors (Lipinski definition) is 2. The lowest BCUT2D eigenvalue weighted by Crippen LogP contribution is -2.21. The summed E-state index contributed by atoms with van der Waals surface area (Å²) in [6, 6.07) is 11.3. The maximum Gasteiger partial charge on any atom is 0.229 e. The third kappa shape index (κ3) is 3.69. The number of nitrogens with zero attached hydrogens (tertiary/aromatic N) is 2. The number of para-hydroxylation sites is 1. The summed E-state index contributed by atoms with van der Waals surface area (Å²) in [5, 5.41) is 6.26. The second-order valence-electron chi connectivity index (χ2n) is 5.00. The molecule has 2 N–H and O–H groups in total. The predicted molar refractivity (Wildman–Crippen MR) is 82.4 cm³/mol. The molecule has 2 aromatic rings. The first kappa shape index (κ1) is 13.8. The number of anilines is 3. The lowest BCUT2D eigenvalue weighted by Gasteiger charge is -2.12. The normalized spacial score (nSPS) is 20.1. The molecule has 0 aliphatic carbocycles. The standard InChI is InChI=1S/C14H16N4O2S/c19-21(20)9-7-12(10-21)16-13-6-8-15-14(18-13)17-11-4-2-1-3-5-11/h1-6,8,12H,7,9-10H2,(H2,15,16,17,18). The molecule has 1 aliphatic rings. The smallest absolute Gasteiger partial charge is 0.229 e. The Kier molecular flexibility index (Phi) is 3.74. The molecule has 1 saturated heterocycles. The number of nitrogens with one attached hydrogen (secondary N) is 2. The SMILES string of the molecule is O=S1(=O)CCC(Nc2ccnc(Nc3ccccc3)n2)C1. The summed E-state index contributed by atoms with van der Waals surface area (Å²) in [7, 11) is -2.90. The summed E-state index contributed by atoms with van der Waals surface area (Å²) in [5.74, 6) is 1.51. The molecule has 2 heterocycles. The van der Waals surface area contributed by atoms with Crippen molar-refractivity contribution in [3.05, 3.63) is 42.6 Å². The van der Waals surface area contributed by atoms with Crippen LogP contribution in [0.2, 0.25) is 0 Å². The summed E-state index contributed by atoms with van der Waals surface area (Å²) in [5.41, 5.74) is 0.901. The first-order valence-electron chi connectivity index (χ1n) is 6.73. The van der Waals surface area contributed by atoms with Crippen molar-refractivity contribution in [2.45, 2.75) is 12.5 Å². The van der Waals surface area contributed by atoms with Gasteiger partial charge in [0.15, 0.2) is 9.84 Å². The molecule has 1 fully saturated rings. The van der Waals surface area contributed by atoms with Crippen molar-refractivity contribution in [2.75, 3.05) is 22.1 Å². The molecule has 1 atom stereocenters. The summed E-state index contributed by atoms with van der Waals surface area (Å²) in [6.07, 6.45) is 2.26. The van der Waals surface area contributed by atoms with Gasteiger partial charge in [0.1, 0.15) is 5.82 Å². The van der Waals surface area contributed by atoms with Crippen LogP contribution >= 0.6 is 0 Å². The summed E-state index contributed by atoms with van der Waals surface area (Å²) < 4.78 is 22.9. The van der Waals surface area contributed by atoms with Crippen LogP contribution in [0.15, 0.2) is 42.6 Å². The van der Waals surface area contributed by atoms with Crippen LogP contribution in [-0.2, 0) is 9.84 Å². The minimum Gasteiger partial charge on any atom is -0.366 e. The van der Waals surface area contributed by atoms with Crippen LogP contribution in [0.4, 0.5) is 17.5 Å². The Morgan fingerprint density at radius 3 is 2.67 bits per heavy atom. The summed E-state index contributed by atoms with van der Waals surface area (Å²) >= 11 is 0. The lowest BCUT2D eigenvalue weighted by molar-refractivity contribution is 0.602. The Balaban J connectivity index is 1.69. The van der Waals surface area contributed by atoms with Gasteiger partial charge in [0.2, 0.25) is 5.95 Å². The first-order valence-corrected chi connectivity index (χ1v) is 8.55. The van der Waals surface area contributed by atoms with Crippen LogP contribution < -0.4 is 10.6 Å². The van der Waals surface area contributed by atoms with Gasteiger partial charge in [0.05, 0.1) is 11.5 Å². The number of rotatable bonds is 4. The van der Waals surface area contributed by atoms with E-state index >= 15 is 0 Å². The zero-order valence-corrected chi connectivity index (χ0v) is 12.2. The first-order chi connectivity index (χ1) is 10.1. The van der Waals surface area contributed by atoms with Crippen LogP contribution in [0.1, 0.15) is 6.42 Å². The molecular formula is C14H16N4O2S. The zero-order chi connectivity index (χ0) is 14.7. The average Bonchev–Trinajstić information content (AvgIpc) is 2.79. The van der Waals surface area contributed by atoms with Gasteiger partial charge in [-0.3, -0.25) is 0 Å². The highest BCUT2D eigenvalue weighted by molar-refractivity contribution is 7.91. The molecule has 1 unspecified atom stereocenters. The molecular weight excluding hydrogens is 288 g/mol. The van der Waals surface area contributed by atoms with E-state index in [1.54, 1.807) is 12.3 Å². The number of aromatic nitrogens is 2. The monoisotopic (exact) mass is 304 g/mol. The minimum atomic E-state index is -2.90. The van der Waals surface area contributed by atoms with E-state index in [2.05, 4.69) is 20.6 Å². The van der Waals surface area contributed by atoms with E-state index in [0.717, 1.165) is 5.69 Å². The molecule has 0 saturated carbocycles. The number of sulfone groups is 1. The van der Waals surface area contributed by atoms with Crippen molar-refractivity contribution < 1.29 is 8.42 Å². The van der Waals surface area contributed by atoms with E-state index in [1.807, 2.05) is 30.3 Å². The third-order valence-electron chi connectivity index (χ3n) is 3.27. The molecule has 7 heteroatoms. The number of hydrogen-bond acceptors (Lipinski definition) is 6. The summed E-state index contributed by atoms with van der Waals surface area (Å²) in [4.78, 5) is 8.51. The van der Waals surface area contributed by atoms with Crippen molar-refractivity contribution in [3.8, 4) is 0 Å². The Labute approximate surface area is 123 Å². The Bertz CT molecular complexity index is 719. The average molecular weight is 304 g/mol. The predicted octanol–water partition coefficient (Wildman–Crippen LogP) is 1.82. The van der Waals surface area contributed by atoms with Crippen molar-refractivity contribution in [1.82, 2.24) is 9.97 Å². The van der Waals surface area contributed by atoms with Crippen LogP contribution in [0.5, 0.6) is 0 Å². The Morgan fingerprint density at radius 1 is 1.14 bits per heavy atom. The van der Waals surface area contributed by atoms with Gasteiger partial charge in [0, 0.05) is 17.9 Å². The van der Waals surface area contributed by atoms with E-state index < -0.39 is 9.84 Å². The summed E-state index contributed by atoms with van der Waals surface area (Å²) in [6.45, 7) is 0. The largest absolute Gasteiger partial charge is 0.366 e. The van der Waals surface area contributed by atoms with Crippen LogP contribution in [0.25, 0.3) is 0 Å². The van der Waals surface area contributed by atoms with Gasteiger partial charge in [-0.2, -0.15) is 4.98 Å². The van der Waals surface area contributed by atoms with Gasteiger partial charge in [-0.1, -0.05) is 18.2 Å². The third-order valence-corrected chi connectivity index (χ3v) is 5.04. The van der Waals surface area contributed by atoms with Crippen LogP contribution in [0.3, 0.4) is 0 Å². The van der Waals surface area contributed by atoms with Gasteiger partial charge < -0.3 is 10.6 Å². The maximum absolute atomic E-state index is 11.5. The minimum absolute atomic E-state index is 0.0746. The van der Waals surface area contributed by atoms with Gasteiger partial charge in [-0.05, 0) is 24.6 Å². The fourth-order valence-electron chi connectivity index (χ4n) is 2.27. The van der Waals surface area contributed by atoms with Gasteiger partial charge >= 0.3 is 0 Å². The van der Waals surface area contributed by atoms with E-state index in [-0.39, 0.29) is 17.5 Å². The number of benzene rings is 1. The van der Waals surface area contributed by atoms with E-state index in [9.17, 15) is 8.42 Å². The topological polar surface area (TPSA) is 84.0 Å². The zero-order valence-electron chi connectivity index (χ0n) is 11.4. The Morgan fingerprint density at radius 2 is 1.95 bits per heavy atom. The van der Waals surface area contributed by atoms with Crippen molar-refractivity contribution >= 4 is 27.3 Å². The molecule has 0 spiro atoms. The second-order valence-corrected chi connectivity index (χ2v) is 7.23. The van der Waals surface area contributed by atoms with Crippen LogP contribution in [0, 0.1) is 0 Å². The fourth-order valence-corrected chi connectivity index (χ4v) is 3.94. The fraction of sp³-hybridized carbons (Fsp3) is 0.286. The van der Waals surface area contributed by atoms with Gasteiger partial charge in [0.25, 0.3) is 0 Å². The van der Waals surface area contributed by atoms with Crippen molar-refractivity contribution in [3.63, 3.8) is 0 Å². The van der Waals surface area contributed by atoms with E-state index in [0.29, 0.717) is 18.2 Å². The molecule has 110 valence electrons. The van der Waals surface area contributed by atoms with E-state index in [1.165, 1.54) is 0 Å². The van der Waals surface area contributed by atoms with Crippen LogP contribution in [-0.4, -0.2) is 35.9 Å². The molecule has 1 aromatic carbocycles. The highest BCUT2D eigenvalue weighted by atomic mass is 32.2. The van der Waals surface area contributed by atoms with Gasteiger partial charge in [-0.15, -0.1) is 0 Å². The molecule has 1 aliphatic heterocycles. The lowest BCUT2D eigenvalue weighted by atomic mass is 10.2.